The van der Waals surface area contributed by atoms with Gasteiger partial charge in [-0.2, -0.15) is 0 Å². The molecule has 0 aromatic carbocycles. The Hall–Kier alpha value is -0.930. The van der Waals surface area contributed by atoms with Gasteiger partial charge in [-0.25, -0.2) is 0 Å². The van der Waals surface area contributed by atoms with Gasteiger partial charge in [0.15, 0.2) is 0 Å². The highest BCUT2D eigenvalue weighted by molar-refractivity contribution is 5.09. The fourth-order valence-electron chi connectivity index (χ4n) is 1.11. The first kappa shape index (κ1) is 10.2. The fourth-order valence-corrected chi connectivity index (χ4v) is 1.11. The van der Waals surface area contributed by atoms with E-state index < -0.39 is 0 Å². The molecule has 0 spiro atoms. The van der Waals surface area contributed by atoms with Crippen molar-refractivity contribution in [3.63, 3.8) is 0 Å². The molecule has 3 nitrogen and oxygen atoms in total. The maximum atomic E-state index is 5.29. The minimum absolute atomic E-state index is 0.606. The lowest BCUT2D eigenvalue weighted by Crippen LogP contribution is -2.09. The third-order valence-corrected chi connectivity index (χ3v) is 1.77. The summed E-state index contributed by atoms with van der Waals surface area (Å²) in [4.78, 5) is 3.96. The first-order valence-corrected chi connectivity index (χ1v) is 4.60. The summed E-state index contributed by atoms with van der Waals surface area (Å²) in [5.41, 5.74) is 6.60. The van der Waals surface area contributed by atoms with Crippen molar-refractivity contribution < 1.29 is 4.74 Å². The minimum Gasteiger partial charge on any atom is -0.380 e. The van der Waals surface area contributed by atoms with Crippen LogP contribution in [0.1, 0.15) is 12.0 Å². The van der Waals surface area contributed by atoms with Gasteiger partial charge in [-0.1, -0.05) is 0 Å². The van der Waals surface area contributed by atoms with Gasteiger partial charge in [-0.15, -0.1) is 0 Å². The lowest BCUT2D eigenvalue weighted by molar-refractivity contribution is 0.139. The van der Waals surface area contributed by atoms with Crippen molar-refractivity contribution in [2.75, 3.05) is 19.8 Å². The number of rotatable bonds is 6. The first-order chi connectivity index (χ1) is 6.43. The number of ether oxygens (including phenoxy) is 1. The summed E-state index contributed by atoms with van der Waals surface area (Å²) in [6.45, 7) is 2.06. The van der Waals surface area contributed by atoms with E-state index in [1.165, 1.54) is 5.56 Å². The average molecular weight is 180 g/mol. The molecule has 0 aliphatic rings. The molecule has 0 aliphatic heterocycles. The van der Waals surface area contributed by atoms with E-state index >= 15 is 0 Å². The molecule has 0 atom stereocenters. The van der Waals surface area contributed by atoms with Crippen molar-refractivity contribution in [3.05, 3.63) is 30.1 Å². The van der Waals surface area contributed by atoms with Crippen LogP contribution in [0, 0.1) is 0 Å². The molecule has 1 aromatic rings. The second-order valence-electron chi connectivity index (χ2n) is 2.86. The number of pyridine rings is 1. The van der Waals surface area contributed by atoms with Crippen LogP contribution in [-0.2, 0) is 11.2 Å². The second-order valence-corrected chi connectivity index (χ2v) is 2.86. The van der Waals surface area contributed by atoms with E-state index in [-0.39, 0.29) is 0 Å². The van der Waals surface area contributed by atoms with Gasteiger partial charge < -0.3 is 10.5 Å². The highest BCUT2D eigenvalue weighted by Gasteiger charge is 1.91. The van der Waals surface area contributed by atoms with Gasteiger partial charge in [0, 0.05) is 25.5 Å². The summed E-state index contributed by atoms with van der Waals surface area (Å²) < 4.78 is 5.26. The van der Waals surface area contributed by atoms with E-state index in [0.717, 1.165) is 19.4 Å². The lowest BCUT2D eigenvalue weighted by atomic mass is 10.1. The highest BCUT2D eigenvalue weighted by atomic mass is 16.5. The summed E-state index contributed by atoms with van der Waals surface area (Å²) in [7, 11) is 0. The molecule has 1 heterocycles. The minimum atomic E-state index is 0.606. The van der Waals surface area contributed by atoms with Crippen molar-refractivity contribution >= 4 is 0 Å². The zero-order valence-electron chi connectivity index (χ0n) is 7.78. The quantitative estimate of drug-likeness (QED) is 0.664. The van der Waals surface area contributed by atoms with Crippen LogP contribution in [0.2, 0.25) is 0 Å². The second kappa shape index (κ2) is 6.57. The molecule has 0 saturated carbocycles. The molecule has 0 fully saturated rings. The first-order valence-electron chi connectivity index (χ1n) is 4.60. The molecular weight excluding hydrogens is 164 g/mol. The van der Waals surface area contributed by atoms with E-state index in [1.54, 1.807) is 0 Å². The average Bonchev–Trinajstić information content (AvgIpc) is 2.19. The Bertz CT molecular complexity index is 213. The third-order valence-electron chi connectivity index (χ3n) is 1.77. The monoisotopic (exact) mass is 180 g/mol. The number of hydrogen-bond acceptors (Lipinski definition) is 3. The number of aromatic nitrogens is 1. The van der Waals surface area contributed by atoms with Crippen LogP contribution in [0.25, 0.3) is 0 Å². The SMILES string of the molecule is NCCOCCCc1ccncc1. The van der Waals surface area contributed by atoms with E-state index in [4.69, 9.17) is 10.5 Å². The van der Waals surface area contributed by atoms with Crippen LogP contribution in [0.15, 0.2) is 24.5 Å². The van der Waals surface area contributed by atoms with E-state index in [1.807, 2.05) is 24.5 Å². The summed E-state index contributed by atoms with van der Waals surface area (Å²) in [5, 5.41) is 0. The van der Waals surface area contributed by atoms with Crippen LogP contribution in [-0.4, -0.2) is 24.7 Å². The Morgan fingerprint density at radius 3 is 2.69 bits per heavy atom. The summed E-state index contributed by atoms with van der Waals surface area (Å²) in [5.74, 6) is 0. The molecule has 13 heavy (non-hydrogen) atoms. The highest BCUT2D eigenvalue weighted by Crippen LogP contribution is 2.00. The fraction of sp³-hybridized carbons (Fsp3) is 0.500. The molecule has 0 radical (unpaired) electrons. The molecule has 2 N–H and O–H groups in total. The number of aryl methyl sites for hydroxylation is 1. The Labute approximate surface area is 78.9 Å². The standard InChI is InChI=1S/C10H16N2O/c11-5-9-13-8-1-2-10-3-6-12-7-4-10/h3-4,6-7H,1-2,5,8-9,11H2. The molecule has 0 saturated heterocycles. The molecule has 0 aliphatic carbocycles. The Kier molecular flexibility index (Phi) is 5.13. The van der Waals surface area contributed by atoms with Crippen LogP contribution < -0.4 is 5.73 Å². The van der Waals surface area contributed by atoms with E-state index in [9.17, 15) is 0 Å². The molecule has 3 heteroatoms. The predicted octanol–water partition coefficient (Wildman–Crippen LogP) is 0.989. The Morgan fingerprint density at radius 1 is 1.23 bits per heavy atom. The topological polar surface area (TPSA) is 48.1 Å². The number of hydrogen-bond donors (Lipinski definition) is 1. The number of nitrogens with zero attached hydrogens (tertiary/aromatic N) is 1. The van der Waals surface area contributed by atoms with Gasteiger partial charge in [-0.05, 0) is 30.5 Å². The van der Waals surface area contributed by atoms with Crippen LogP contribution >= 0.6 is 0 Å². The van der Waals surface area contributed by atoms with Crippen LogP contribution in [0.5, 0.6) is 0 Å². The maximum absolute atomic E-state index is 5.29. The number of nitrogens with two attached hydrogens (primary N) is 1. The summed E-state index contributed by atoms with van der Waals surface area (Å²) in [6, 6.07) is 4.06. The molecule has 0 unspecified atom stereocenters. The molecule has 1 aromatic heterocycles. The molecule has 0 amide bonds. The largest absolute Gasteiger partial charge is 0.380 e. The van der Waals surface area contributed by atoms with Crippen molar-refractivity contribution in [1.29, 1.82) is 0 Å². The smallest absolute Gasteiger partial charge is 0.0588 e. The van der Waals surface area contributed by atoms with Crippen LogP contribution in [0.3, 0.4) is 0 Å². The van der Waals surface area contributed by atoms with Gasteiger partial charge in [-0.3, -0.25) is 4.98 Å². The van der Waals surface area contributed by atoms with E-state index in [0.29, 0.717) is 13.2 Å². The Balaban J connectivity index is 2.07. The summed E-state index contributed by atoms with van der Waals surface area (Å²) >= 11 is 0. The lowest BCUT2D eigenvalue weighted by Gasteiger charge is -2.02. The van der Waals surface area contributed by atoms with Gasteiger partial charge in [0.2, 0.25) is 0 Å². The Morgan fingerprint density at radius 2 is 2.00 bits per heavy atom. The van der Waals surface area contributed by atoms with Gasteiger partial charge >= 0.3 is 0 Å². The van der Waals surface area contributed by atoms with Gasteiger partial charge in [0.05, 0.1) is 6.61 Å². The predicted molar refractivity (Wildman–Crippen MR) is 52.4 cm³/mol. The van der Waals surface area contributed by atoms with Gasteiger partial charge in [0.25, 0.3) is 0 Å². The zero-order chi connectivity index (χ0) is 9.36. The van der Waals surface area contributed by atoms with Crippen molar-refractivity contribution in [1.82, 2.24) is 4.98 Å². The molecule has 0 bridgehead atoms. The normalized spacial score (nSPS) is 10.2. The third kappa shape index (κ3) is 4.60. The van der Waals surface area contributed by atoms with Gasteiger partial charge in [0.1, 0.15) is 0 Å². The van der Waals surface area contributed by atoms with Crippen molar-refractivity contribution in [2.45, 2.75) is 12.8 Å². The summed E-state index contributed by atoms with van der Waals surface area (Å²) in [6.07, 6.45) is 5.73. The van der Waals surface area contributed by atoms with Crippen molar-refractivity contribution in [3.8, 4) is 0 Å². The molecule has 1 rings (SSSR count). The van der Waals surface area contributed by atoms with E-state index in [2.05, 4.69) is 4.98 Å². The zero-order valence-corrected chi connectivity index (χ0v) is 7.78. The van der Waals surface area contributed by atoms with Crippen LogP contribution in [0.4, 0.5) is 0 Å². The molecular formula is C10H16N2O. The maximum Gasteiger partial charge on any atom is 0.0588 e. The van der Waals surface area contributed by atoms with Crippen molar-refractivity contribution in [2.24, 2.45) is 5.73 Å². The molecule has 72 valence electrons.